The molecule has 0 aromatic heterocycles. The summed E-state index contributed by atoms with van der Waals surface area (Å²) in [6.07, 6.45) is 0. The van der Waals surface area contributed by atoms with E-state index < -0.39 is 18.3 Å². The van der Waals surface area contributed by atoms with E-state index in [1.165, 1.54) is 6.92 Å². The Balaban J connectivity index is 2.28. The minimum Gasteiger partial charge on any atom is -0.402 e. The summed E-state index contributed by atoms with van der Waals surface area (Å²) >= 11 is 0. The van der Waals surface area contributed by atoms with Gasteiger partial charge in [-0.1, -0.05) is 30.3 Å². The van der Waals surface area contributed by atoms with E-state index in [9.17, 15) is 4.79 Å². The smallest absolute Gasteiger partial charge is 0.402 e. The van der Waals surface area contributed by atoms with Gasteiger partial charge in [0.05, 0.1) is 17.1 Å². The molecule has 4 nitrogen and oxygen atoms in total. The summed E-state index contributed by atoms with van der Waals surface area (Å²) in [5.41, 5.74) is 0.146. The maximum absolute atomic E-state index is 11.5. The monoisotopic (exact) mass is 275 g/mol. The van der Waals surface area contributed by atoms with Crippen LogP contribution in [0.25, 0.3) is 0 Å². The fourth-order valence-corrected chi connectivity index (χ4v) is 2.21. The van der Waals surface area contributed by atoms with Gasteiger partial charge in [-0.3, -0.25) is 4.79 Å². The Morgan fingerprint density at radius 3 is 2.05 bits per heavy atom. The highest BCUT2D eigenvalue weighted by Crippen LogP contribution is 2.40. The first-order valence-corrected chi connectivity index (χ1v) is 6.91. The zero-order valence-electron chi connectivity index (χ0n) is 12.8. The third-order valence-electron chi connectivity index (χ3n) is 4.06. The van der Waals surface area contributed by atoms with Crippen molar-refractivity contribution in [3.63, 3.8) is 0 Å². The predicted octanol–water partition coefficient (Wildman–Crippen LogP) is 2.50. The zero-order valence-corrected chi connectivity index (χ0v) is 12.8. The van der Waals surface area contributed by atoms with Crippen molar-refractivity contribution in [2.24, 2.45) is 0 Å². The molecule has 20 heavy (non-hydrogen) atoms. The van der Waals surface area contributed by atoms with Gasteiger partial charge in [0.2, 0.25) is 5.91 Å². The molecule has 1 aromatic carbocycles. The van der Waals surface area contributed by atoms with E-state index >= 15 is 0 Å². The summed E-state index contributed by atoms with van der Waals surface area (Å²) in [5, 5.41) is 2.92. The molecule has 108 valence electrons. The molecular weight excluding hydrogens is 253 g/mol. The maximum atomic E-state index is 11.5. The fraction of sp³-hybridized carbons (Fsp3) is 0.533. The first kappa shape index (κ1) is 15.1. The van der Waals surface area contributed by atoms with Crippen LogP contribution in [0.4, 0.5) is 0 Å². The minimum atomic E-state index is -0.494. The largest absolute Gasteiger partial charge is 0.486 e. The van der Waals surface area contributed by atoms with E-state index in [2.05, 4.69) is 5.32 Å². The van der Waals surface area contributed by atoms with Crippen molar-refractivity contribution >= 4 is 13.0 Å². The van der Waals surface area contributed by atoms with Crippen LogP contribution in [-0.2, 0) is 14.1 Å². The molecule has 5 heteroatoms. The van der Waals surface area contributed by atoms with Crippen LogP contribution in [0, 0.1) is 0 Å². The molecule has 0 saturated carbocycles. The first-order chi connectivity index (χ1) is 9.23. The first-order valence-electron chi connectivity index (χ1n) is 6.91. The van der Waals surface area contributed by atoms with E-state index in [1.807, 2.05) is 58.0 Å². The second-order valence-corrected chi connectivity index (χ2v) is 6.21. The van der Waals surface area contributed by atoms with Crippen molar-refractivity contribution in [3.8, 4) is 0 Å². The van der Waals surface area contributed by atoms with Crippen molar-refractivity contribution in [3.05, 3.63) is 35.9 Å². The molecule has 1 atom stereocenters. The van der Waals surface area contributed by atoms with Crippen molar-refractivity contribution < 1.29 is 14.1 Å². The molecule has 0 radical (unpaired) electrons. The van der Waals surface area contributed by atoms with E-state index in [0.29, 0.717) is 0 Å². The number of carbonyl (C=O) groups is 1. The van der Waals surface area contributed by atoms with Crippen molar-refractivity contribution in [1.29, 1.82) is 0 Å². The number of hydrogen-bond acceptors (Lipinski definition) is 3. The summed E-state index contributed by atoms with van der Waals surface area (Å²) in [7, 11) is -0.494. The molecule has 0 bridgehead atoms. The van der Waals surface area contributed by atoms with Crippen LogP contribution in [0.15, 0.2) is 30.3 Å². The number of hydrogen-bond donors (Lipinski definition) is 1. The third kappa shape index (κ3) is 2.89. The molecule has 1 amide bonds. The summed E-state index contributed by atoms with van der Waals surface area (Å²) in [5.74, 6) is -0.414. The lowest BCUT2D eigenvalue weighted by atomic mass is 9.74. The highest BCUT2D eigenvalue weighted by molar-refractivity contribution is 6.47. The molecule has 1 unspecified atom stereocenters. The molecular formula is C15H22BNO3. The van der Waals surface area contributed by atoms with Gasteiger partial charge >= 0.3 is 7.12 Å². The van der Waals surface area contributed by atoms with Crippen molar-refractivity contribution in [2.45, 2.75) is 51.8 Å². The Hall–Kier alpha value is -1.33. The highest BCUT2D eigenvalue weighted by atomic mass is 16.7. The van der Waals surface area contributed by atoms with E-state index in [-0.39, 0.29) is 11.8 Å². The van der Waals surface area contributed by atoms with Crippen LogP contribution < -0.4 is 5.32 Å². The van der Waals surface area contributed by atoms with Gasteiger partial charge in [-0.05, 0) is 33.3 Å². The molecule has 0 aliphatic carbocycles. The molecule has 1 fully saturated rings. The van der Waals surface area contributed by atoms with Crippen molar-refractivity contribution in [2.75, 3.05) is 0 Å². The number of rotatable bonds is 3. The number of carbonyl (C=O) groups excluding carboxylic acids is 1. The lowest BCUT2D eigenvalue weighted by molar-refractivity contribution is -0.119. The maximum Gasteiger partial charge on any atom is 0.486 e. The average Bonchev–Trinajstić information content (AvgIpc) is 2.56. The molecule has 1 heterocycles. The Bertz CT molecular complexity index is 471. The zero-order chi connectivity index (χ0) is 15.0. The number of amides is 1. The van der Waals surface area contributed by atoms with Gasteiger partial charge in [-0.25, -0.2) is 0 Å². The summed E-state index contributed by atoms with van der Waals surface area (Å²) in [6, 6.07) is 9.75. The van der Waals surface area contributed by atoms with Crippen LogP contribution in [-0.4, -0.2) is 24.2 Å². The van der Waals surface area contributed by atoms with Gasteiger partial charge in [0.1, 0.15) is 0 Å². The Morgan fingerprint density at radius 2 is 1.60 bits per heavy atom. The summed E-state index contributed by atoms with van der Waals surface area (Å²) in [6.45, 7) is 9.51. The summed E-state index contributed by atoms with van der Waals surface area (Å²) in [4.78, 5) is 11.5. The molecule has 2 rings (SSSR count). The lowest BCUT2D eigenvalue weighted by Gasteiger charge is -2.32. The Morgan fingerprint density at radius 1 is 1.10 bits per heavy atom. The van der Waals surface area contributed by atoms with E-state index in [0.717, 1.165) is 5.56 Å². The van der Waals surface area contributed by atoms with Crippen LogP contribution in [0.1, 0.15) is 46.1 Å². The second kappa shape index (κ2) is 5.22. The Kier molecular flexibility index (Phi) is 3.94. The molecule has 1 aliphatic heterocycles. The standard InChI is InChI=1S/C15H22BNO3/c1-11(18)17-13(12-9-7-6-8-10-12)16-19-14(2,3)15(4,5)20-16/h6-10,13H,1-5H3,(H,17,18). The third-order valence-corrected chi connectivity index (χ3v) is 4.06. The van der Waals surface area contributed by atoms with Gasteiger partial charge in [0.25, 0.3) is 0 Å². The summed E-state index contributed by atoms with van der Waals surface area (Å²) < 4.78 is 12.1. The van der Waals surface area contributed by atoms with Crippen molar-refractivity contribution in [1.82, 2.24) is 5.32 Å². The van der Waals surface area contributed by atoms with Gasteiger partial charge in [0.15, 0.2) is 0 Å². The molecule has 1 N–H and O–H groups in total. The highest BCUT2D eigenvalue weighted by Gasteiger charge is 2.54. The quantitative estimate of drug-likeness (QED) is 0.862. The van der Waals surface area contributed by atoms with Gasteiger partial charge in [0, 0.05) is 6.92 Å². The van der Waals surface area contributed by atoms with Gasteiger partial charge < -0.3 is 14.6 Å². The van der Waals surface area contributed by atoms with Crippen LogP contribution in [0.2, 0.25) is 0 Å². The van der Waals surface area contributed by atoms with E-state index in [1.54, 1.807) is 0 Å². The molecule has 0 spiro atoms. The van der Waals surface area contributed by atoms with Crippen LogP contribution in [0.5, 0.6) is 0 Å². The molecule has 1 aliphatic rings. The molecule has 1 saturated heterocycles. The van der Waals surface area contributed by atoms with Crippen LogP contribution in [0.3, 0.4) is 0 Å². The second-order valence-electron chi connectivity index (χ2n) is 6.21. The Labute approximate surface area is 121 Å². The fourth-order valence-electron chi connectivity index (χ4n) is 2.21. The average molecular weight is 275 g/mol. The van der Waals surface area contributed by atoms with Gasteiger partial charge in [-0.15, -0.1) is 0 Å². The predicted molar refractivity (Wildman–Crippen MR) is 79.1 cm³/mol. The van der Waals surface area contributed by atoms with Crippen LogP contribution >= 0.6 is 0 Å². The molecule has 1 aromatic rings. The lowest BCUT2D eigenvalue weighted by Crippen LogP contribution is -2.41. The van der Waals surface area contributed by atoms with Gasteiger partial charge in [-0.2, -0.15) is 0 Å². The number of benzene rings is 1. The van der Waals surface area contributed by atoms with E-state index in [4.69, 9.17) is 9.31 Å². The topological polar surface area (TPSA) is 47.6 Å². The SMILES string of the molecule is CC(=O)NC(B1OC(C)(C)C(C)(C)O1)c1ccccc1. The minimum absolute atomic E-state index is 0.103. The number of nitrogens with one attached hydrogen (secondary N) is 1. The normalized spacial score (nSPS) is 21.6.